The summed E-state index contributed by atoms with van der Waals surface area (Å²) in [4.78, 5) is 0. The van der Waals surface area contributed by atoms with Gasteiger partial charge in [0.05, 0.1) is 0 Å². The molecule has 0 radical (unpaired) electrons. The summed E-state index contributed by atoms with van der Waals surface area (Å²) < 4.78 is 2.25. The van der Waals surface area contributed by atoms with Crippen molar-refractivity contribution in [2.75, 3.05) is 6.54 Å². The van der Waals surface area contributed by atoms with Crippen molar-refractivity contribution in [2.45, 2.75) is 32.2 Å². The van der Waals surface area contributed by atoms with E-state index >= 15 is 0 Å². The minimum Gasteiger partial charge on any atom is -0.310 e. The third-order valence-corrected chi connectivity index (χ3v) is 4.88. The Morgan fingerprint density at radius 3 is 2.55 bits per heavy atom. The van der Waals surface area contributed by atoms with Crippen LogP contribution in [0.3, 0.4) is 0 Å². The van der Waals surface area contributed by atoms with E-state index in [4.69, 9.17) is 0 Å². The fourth-order valence-electron chi connectivity index (χ4n) is 2.23. The molecule has 1 unspecified atom stereocenters. The van der Waals surface area contributed by atoms with Crippen LogP contribution in [0.4, 0.5) is 0 Å². The van der Waals surface area contributed by atoms with Crippen LogP contribution in [0.2, 0.25) is 0 Å². The normalized spacial score (nSPS) is 12.6. The molecule has 0 saturated carbocycles. The molecule has 0 aliphatic heterocycles. The van der Waals surface area contributed by atoms with Crippen LogP contribution in [0.15, 0.2) is 44.0 Å². The zero-order valence-electron chi connectivity index (χ0n) is 11.5. The molecule has 2 aromatic rings. The number of halogens is 2. The predicted octanol–water partition coefficient (Wildman–Crippen LogP) is 5.95. The van der Waals surface area contributed by atoms with Gasteiger partial charge in [-0.25, -0.2) is 0 Å². The zero-order valence-corrected chi connectivity index (χ0v) is 15.5. The summed E-state index contributed by atoms with van der Waals surface area (Å²) in [6.45, 7) is 3.26. The van der Waals surface area contributed by atoms with Gasteiger partial charge >= 0.3 is 0 Å². The first-order valence-electron chi connectivity index (χ1n) is 6.89. The summed E-state index contributed by atoms with van der Waals surface area (Å²) in [5.41, 5.74) is 2.78. The maximum atomic E-state index is 3.66. The SMILES string of the molecule is CCCNC(CCc1ccsc1)c1cc(Br)cc(Br)c1. The van der Waals surface area contributed by atoms with E-state index in [0.29, 0.717) is 6.04 Å². The highest BCUT2D eigenvalue weighted by molar-refractivity contribution is 9.11. The van der Waals surface area contributed by atoms with Gasteiger partial charge in [-0.2, -0.15) is 11.3 Å². The smallest absolute Gasteiger partial charge is 0.0324 e. The molecule has 0 bridgehead atoms. The number of hydrogen-bond donors (Lipinski definition) is 1. The van der Waals surface area contributed by atoms with E-state index in [1.165, 1.54) is 11.1 Å². The fraction of sp³-hybridized carbons (Fsp3) is 0.375. The second kappa shape index (κ2) is 8.32. The zero-order chi connectivity index (χ0) is 14.4. The third kappa shape index (κ3) is 4.99. The summed E-state index contributed by atoms with van der Waals surface area (Å²) in [6.07, 6.45) is 3.40. The van der Waals surface area contributed by atoms with Gasteiger partial charge in [0.15, 0.2) is 0 Å². The number of aryl methyl sites for hydroxylation is 1. The molecule has 1 N–H and O–H groups in total. The largest absolute Gasteiger partial charge is 0.310 e. The number of rotatable bonds is 7. The number of benzene rings is 1. The van der Waals surface area contributed by atoms with E-state index < -0.39 is 0 Å². The van der Waals surface area contributed by atoms with E-state index in [-0.39, 0.29) is 0 Å². The van der Waals surface area contributed by atoms with Gasteiger partial charge in [0.1, 0.15) is 0 Å². The maximum absolute atomic E-state index is 3.66. The van der Waals surface area contributed by atoms with Crippen LogP contribution in [0, 0.1) is 0 Å². The molecule has 0 aliphatic rings. The summed E-state index contributed by atoms with van der Waals surface area (Å²) in [7, 11) is 0. The molecule has 1 heterocycles. The van der Waals surface area contributed by atoms with Crippen molar-refractivity contribution < 1.29 is 0 Å². The van der Waals surface area contributed by atoms with E-state index in [9.17, 15) is 0 Å². The van der Waals surface area contributed by atoms with Crippen LogP contribution in [0.25, 0.3) is 0 Å². The monoisotopic (exact) mass is 415 g/mol. The molecule has 0 fully saturated rings. The molecule has 1 atom stereocenters. The molecule has 0 spiro atoms. The van der Waals surface area contributed by atoms with Crippen molar-refractivity contribution in [1.82, 2.24) is 5.32 Å². The summed E-state index contributed by atoms with van der Waals surface area (Å²) in [6, 6.07) is 9.14. The Balaban J connectivity index is 2.09. The van der Waals surface area contributed by atoms with E-state index in [0.717, 1.165) is 34.8 Å². The van der Waals surface area contributed by atoms with Crippen LogP contribution in [-0.2, 0) is 6.42 Å². The second-order valence-corrected chi connectivity index (χ2v) is 7.49. The van der Waals surface area contributed by atoms with Crippen molar-refractivity contribution in [3.63, 3.8) is 0 Å². The van der Waals surface area contributed by atoms with Crippen molar-refractivity contribution in [3.8, 4) is 0 Å². The maximum Gasteiger partial charge on any atom is 0.0324 e. The predicted molar refractivity (Wildman–Crippen MR) is 95.5 cm³/mol. The van der Waals surface area contributed by atoms with Crippen LogP contribution in [0.1, 0.15) is 36.9 Å². The molecule has 2 rings (SSSR count). The van der Waals surface area contributed by atoms with E-state index in [2.05, 4.69) is 79.1 Å². The summed E-state index contributed by atoms with van der Waals surface area (Å²) in [5.74, 6) is 0. The quantitative estimate of drug-likeness (QED) is 0.588. The Bertz CT molecular complexity index is 505. The molecule has 0 aliphatic carbocycles. The Labute approximate surface area is 142 Å². The Morgan fingerprint density at radius 1 is 1.20 bits per heavy atom. The Hall–Kier alpha value is -0.160. The van der Waals surface area contributed by atoms with Crippen LogP contribution >= 0.6 is 43.2 Å². The van der Waals surface area contributed by atoms with Crippen LogP contribution < -0.4 is 5.32 Å². The van der Waals surface area contributed by atoms with Gasteiger partial charge in [0, 0.05) is 15.0 Å². The number of thiophene rings is 1. The standard InChI is InChI=1S/C16H19Br2NS/c1-2-6-19-16(4-3-12-5-7-20-11-12)13-8-14(17)10-15(18)9-13/h5,7-11,16,19H,2-4,6H2,1H3. The lowest BCUT2D eigenvalue weighted by Crippen LogP contribution is -2.22. The Morgan fingerprint density at radius 2 is 1.95 bits per heavy atom. The van der Waals surface area contributed by atoms with Gasteiger partial charge in [-0.05, 0) is 72.0 Å². The van der Waals surface area contributed by atoms with Gasteiger partial charge in [-0.1, -0.05) is 38.8 Å². The molecule has 0 amide bonds. The molecule has 0 saturated heterocycles. The average molecular weight is 417 g/mol. The molecular formula is C16H19Br2NS. The fourth-order valence-corrected chi connectivity index (χ4v) is 4.26. The Kier molecular flexibility index (Phi) is 6.75. The molecule has 4 heteroatoms. The highest BCUT2D eigenvalue weighted by atomic mass is 79.9. The molecule has 1 aromatic heterocycles. The highest BCUT2D eigenvalue weighted by Crippen LogP contribution is 2.27. The summed E-state index contributed by atoms with van der Waals surface area (Å²) in [5, 5.41) is 8.06. The van der Waals surface area contributed by atoms with E-state index in [1.54, 1.807) is 11.3 Å². The lowest BCUT2D eigenvalue weighted by Gasteiger charge is -2.19. The van der Waals surface area contributed by atoms with Crippen LogP contribution in [-0.4, -0.2) is 6.54 Å². The minimum absolute atomic E-state index is 0.406. The van der Waals surface area contributed by atoms with Crippen LogP contribution in [0.5, 0.6) is 0 Å². The van der Waals surface area contributed by atoms with E-state index in [1.807, 2.05) is 0 Å². The second-order valence-electron chi connectivity index (χ2n) is 4.88. The minimum atomic E-state index is 0.406. The van der Waals surface area contributed by atoms with Gasteiger partial charge in [-0.3, -0.25) is 0 Å². The molecule has 20 heavy (non-hydrogen) atoms. The lowest BCUT2D eigenvalue weighted by atomic mass is 10.00. The summed E-state index contributed by atoms with van der Waals surface area (Å²) >= 11 is 8.94. The molecular weight excluding hydrogens is 398 g/mol. The molecule has 1 nitrogen and oxygen atoms in total. The molecule has 108 valence electrons. The lowest BCUT2D eigenvalue weighted by molar-refractivity contribution is 0.499. The van der Waals surface area contributed by atoms with Crippen molar-refractivity contribution in [3.05, 3.63) is 55.1 Å². The van der Waals surface area contributed by atoms with Crippen molar-refractivity contribution in [2.24, 2.45) is 0 Å². The van der Waals surface area contributed by atoms with Gasteiger partial charge in [-0.15, -0.1) is 0 Å². The van der Waals surface area contributed by atoms with Gasteiger partial charge < -0.3 is 5.32 Å². The topological polar surface area (TPSA) is 12.0 Å². The highest BCUT2D eigenvalue weighted by Gasteiger charge is 2.12. The number of hydrogen-bond acceptors (Lipinski definition) is 2. The van der Waals surface area contributed by atoms with Gasteiger partial charge in [0.25, 0.3) is 0 Å². The van der Waals surface area contributed by atoms with Crippen molar-refractivity contribution >= 4 is 43.2 Å². The first-order chi connectivity index (χ1) is 9.69. The van der Waals surface area contributed by atoms with Crippen molar-refractivity contribution in [1.29, 1.82) is 0 Å². The first-order valence-corrected chi connectivity index (χ1v) is 9.42. The average Bonchev–Trinajstić information content (AvgIpc) is 2.91. The third-order valence-electron chi connectivity index (χ3n) is 3.23. The van der Waals surface area contributed by atoms with Gasteiger partial charge in [0.2, 0.25) is 0 Å². The molecule has 1 aromatic carbocycles. The number of nitrogens with one attached hydrogen (secondary N) is 1. The first kappa shape index (κ1) is 16.2.